The van der Waals surface area contributed by atoms with E-state index in [1.807, 2.05) is 55.5 Å². The van der Waals surface area contributed by atoms with Crippen molar-refractivity contribution in [3.05, 3.63) is 77.4 Å². The van der Waals surface area contributed by atoms with Crippen molar-refractivity contribution < 1.29 is 9.52 Å². The van der Waals surface area contributed by atoms with Gasteiger partial charge in [-0.05, 0) is 66.9 Å². The first-order valence-corrected chi connectivity index (χ1v) is 8.96. The van der Waals surface area contributed by atoms with Crippen LogP contribution in [0.15, 0.2) is 70.1 Å². The fourth-order valence-electron chi connectivity index (χ4n) is 2.94. The maximum Gasteiger partial charge on any atom is 0.227 e. The Balaban J connectivity index is 1.58. The van der Waals surface area contributed by atoms with Crippen LogP contribution in [0.3, 0.4) is 0 Å². The van der Waals surface area contributed by atoms with Crippen LogP contribution in [-0.4, -0.2) is 16.3 Å². The minimum Gasteiger partial charge on any atom is -0.507 e. The SMILES string of the molecule is CCc1ccc2oc(-c3ccc(N=Cc4cccc(C)c4O)cc3)nc2c1. The lowest BCUT2D eigenvalue weighted by Gasteiger charge is -2.02. The summed E-state index contributed by atoms with van der Waals surface area (Å²) in [5.74, 6) is 0.862. The van der Waals surface area contributed by atoms with Gasteiger partial charge in [-0.15, -0.1) is 0 Å². The highest BCUT2D eigenvalue weighted by Crippen LogP contribution is 2.27. The van der Waals surface area contributed by atoms with E-state index in [-0.39, 0.29) is 5.75 Å². The lowest BCUT2D eigenvalue weighted by atomic mass is 10.1. The first-order valence-electron chi connectivity index (χ1n) is 8.96. The van der Waals surface area contributed by atoms with E-state index in [2.05, 4.69) is 29.0 Å². The molecule has 0 saturated carbocycles. The van der Waals surface area contributed by atoms with Crippen molar-refractivity contribution in [3.63, 3.8) is 0 Å². The second-order valence-electron chi connectivity index (χ2n) is 6.49. The Hall–Kier alpha value is -3.40. The van der Waals surface area contributed by atoms with E-state index < -0.39 is 0 Å². The van der Waals surface area contributed by atoms with Gasteiger partial charge in [0.15, 0.2) is 5.58 Å². The first kappa shape index (κ1) is 17.0. The zero-order chi connectivity index (χ0) is 18.8. The molecule has 4 rings (SSSR count). The Bertz CT molecular complexity index is 1130. The highest BCUT2D eigenvalue weighted by atomic mass is 16.3. The summed E-state index contributed by atoms with van der Waals surface area (Å²) in [6.45, 7) is 3.99. The Morgan fingerprint density at radius 2 is 1.89 bits per heavy atom. The number of aromatic hydroxyl groups is 1. The molecule has 0 aliphatic carbocycles. The summed E-state index contributed by atoms with van der Waals surface area (Å²) in [6, 6.07) is 19.4. The van der Waals surface area contributed by atoms with E-state index in [0.717, 1.165) is 34.3 Å². The fraction of sp³-hybridized carbons (Fsp3) is 0.130. The fourth-order valence-corrected chi connectivity index (χ4v) is 2.94. The number of fused-ring (bicyclic) bond motifs is 1. The molecule has 0 bridgehead atoms. The molecule has 134 valence electrons. The van der Waals surface area contributed by atoms with Crippen molar-refractivity contribution in [2.24, 2.45) is 4.99 Å². The van der Waals surface area contributed by atoms with Crippen molar-refractivity contribution >= 4 is 23.0 Å². The van der Waals surface area contributed by atoms with Gasteiger partial charge in [-0.25, -0.2) is 4.98 Å². The van der Waals surface area contributed by atoms with Crippen LogP contribution in [0.1, 0.15) is 23.6 Å². The molecular weight excluding hydrogens is 336 g/mol. The first-order chi connectivity index (χ1) is 13.1. The minimum absolute atomic E-state index is 0.260. The molecule has 4 aromatic rings. The van der Waals surface area contributed by atoms with Crippen LogP contribution < -0.4 is 0 Å². The highest BCUT2D eigenvalue weighted by molar-refractivity contribution is 5.86. The molecule has 0 saturated heterocycles. The number of aliphatic imine (C=N–C) groups is 1. The summed E-state index contributed by atoms with van der Waals surface area (Å²) in [4.78, 5) is 9.04. The van der Waals surface area contributed by atoms with Crippen LogP contribution in [0.25, 0.3) is 22.6 Å². The maximum absolute atomic E-state index is 10.1. The number of aromatic nitrogens is 1. The summed E-state index contributed by atoms with van der Waals surface area (Å²) in [5, 5.41) is 10.1. The van der Waals surface area contributed by atoms with E-state index in [4.69, 9.17) is 4.42 Å². The molecule has 0 amide bonds. The van der Waals surface area contributed by atoms with Gasteiger partial charge < -0.3 is 9.52 Å². The number of hydrogen-bond acceptors (Lipinski definition) is 4. The van der Waals surface area contributed by atoms with Crippen LogP contribution in [-0.2, 0) is 6.42 Å². The summed E-state index contributed by atoms with van der Waals surface area (Å²) in [5.41, 5.74) is 6.14. The van der Waals surface area contributed by atoms with Gasteiger partial charge in [-0.2, -0.15) is 0 Å². The normalized spacial score (nSPS) is 11.5. The lowest BCUT2D eigenvalue weighted by molar-refractivity contribution is 0.470. The number of para-hydroxylation sites is 1. The molecule has 1 aromatic heterocycles. The maximum atomic E-state index is 10.1. The zero-order valence-corrected chi connectivity index (χ0v) is 15.3. The minimum atomic E-state index is 0.260. The predicted molar refractivity (Wildman–Crippen MR) is 109 cm³/mol. The summed E-state index contributed by atoms with van der Waals surface area (Å²) in [7, 11) is 0. The van der Waals surface area contributed by atoms with Gasteiger partial charge in [-0.1, -0.05) is 25.1 Å². The quantitative estimate of drug-likeness (QED) is 0.469. The summed E-state index contributed by atoms with van der Waals surface area (Å²) < 4.78 is 5.87. The van der Waals surface area contributed by atoms with Crippen molar-refractivity contribution in [1.82, 2.24) is 4.98 Å². The van der Waals surface area contributed by atoms with Gasteiger partial charge in [0.2, 0.25) is 5.89 Å². The Kier molecular flexibility index (Phi) is 4.47. The van der Waals surface area contributed by atoms with Gasteiger partial charge in [-0.3, -0.25) is 4.99 Å². The molecule has 0 spiro atoms. The molecule has 0 radical (unpaired) electrons. The van der Waals surface area contributed by atoms with Gasteiger partial charge in [0, 0.05) is 17.3 Å². The molecule has 27 heavy (non-hydrogen) atoms. The van der Waals surface area contributed by atoms with Crippen molar-refractivity contribution in [2.75, 3.05) is 0 Å². The highest BCUT2D eigenvalue weighted by Gasteiger charge is 2.08. The number of aryl methyl sites for hydroxylation is 2. The molecule has 4 heteroatoms. The van der Waals surface area contributed by atoms with Crippen LogP contribution in [0.4, 0.5) is 5.69 Å². The number of rotatable bonds is 4. The molecule has 0 fully saturated rings. The predicted octanol–water partition coefficient (Wildman–Crippen LogP) is 5.82. The Morgan fingerprint density at radius 1 is 1.07 bits per heavy atom. The molecular formula is C23H20N2O2. The van der Waals surface area contributed by atoms with Crippen LogP contribution in [0.2, 0.25) is 0 Å². The molecule has 4 nitrogen and oxygen atoms in total. The summed E-state index contributed by atoms with van der Waals surface area (Å²) >= 11 is 0. The largest absolute Gasteiger partial charge is 0.507 e. The van der Waals surface area contributed by atoms with E-state index in [1.165, 1.54) is 5.56 Å². The Morgan fingerprint density at radius 3 is 2.67 bits per heavy atom. The average molecular weight is 356 g/mol. The molecule has 0 unspecified atom stereocenters. The summed E-state index contributed by atoms with van der Waals surface area (Å²) in [6.07, 6.45) is 2.64. The number of oxazole rings is 1. The average Bonchev–Trinajstić information content (AvgIpc) is 3.12. The van der Waals surface area contributed by atoms with E-state index >= 15 is 0 Å². The molecule has 3 aromatic carbocycles. The number of phenolic OH excluding ortho intramolecular Hbond substituents is 1. The number of nitrogens with zero attached hydrogens (tertiary/aromatic N) is 2. The zero-order valence-electron chi connectivity index (χ0n) is 15.3. The topological polar surface area (TPSA) is 58.6 Å². The smallest absolute Gasteiger partial charge is 0.227 e. The van der Waals surface area contributed by atoms with Crippen LogP contribution in [0.5, 0.6) is 5.75 Å². The monoisotopic (exact) mass is 356 g/mol. The lowest BCUT2D eigenvalue weighted by Crippen LogP contribution is -1.84. The van der Waals surface area contributed by atoms with Crippen LogP contribution in [0, 0.1) is 6.92 Å². The number of hydrogen-bond donors (Lipinski definition) is 1. The van der Waals surface area contributed by atoms with Gasteiger partial charge >= 0.3 is 0 Å². The standard InChI is InChI=1S/C23H20N2O2/c1-3-16-7-12-21-20(13-16)25-23(27-21)17-8-10-19(11-9-17)24-14-18-6-4-5-15(2)22(18)26/h4-14,26H,3H2,1-2H3. The van der Waals surface area contributed by atoms with Crippen molar-refractivity contribution in [1.29, 1.82) is 0 Å². The van der Waals surface area contributed by atoms with Gasteiger partial charge in [0.1, 0.15) is 11.3 Å². The van der Waals surface area contributed by atoms with Gasteiger partial charge in [0.25, 0.3) is 0 Å². The van der Waals surface area contributed by atoms with Gasteiger partial charge in [0.05, 0.1) is 5.69 Å². The molecule has 0 aliphatic heterocycles. The Labute approximate surface area is 157 Å². The van der Waals surface area contributed by atoms with E-state index in [0.29, 0.717) is 11.5 Å². The van der Waals surface area contributed by atoms with Crippen molar-refractivity contribution in [2.45, 2.75) is 20.3 Å². The molecule has 0 atom stereocenters. The van der Waals surface area contributed by atoms with E-state index in [9.17, 15) is 5.11 Å². The number of benzene rings is 3. The molecule has 0 aliphatic rings. The third-order valence-electron chi connectivity index (χ3n) is 4.60. The second kappa shape index (κ2) is 7.08. The molecule has 1 heterocycles. The third-order valence-corrected chi connectivity index (χ3v) is 4.60. The second-order valence-corrected chi connectivity index (χ2v) is 6.49. The third kappa shape index (κ3) is 3.47. The van der Waals surface area contributed by atoms with Crippen LogP contribution >= 0.6 is 0 Å². The number of phenols is 1. The van der Waals surface area contributed by atoms with Crippen molar-refractivity contribution in [3.8, 4) is 17.2 Å². The molecule has 1 N–H and O–H groups in total. The van der Waals surface area contributed by atoms with E-state index in [1.54, 1.807) is 6.21 Å².